The summed E-state index contributed by atoms with van der Waals surface area (Å²) in [6, 6.07) is 17.5. The van der Waals surface area contributed by atoms with Crippen molar-refractivity contribution in [3.63, 3.8) is 0 Å². The van der Waals surface area contributed by atoms with Crippen LogP contribution in [-0.4, -0.2) is 25.0 Å². The number of carbonyl (C=O) groups is 2. The lowest BCUT2D eigenvalue weighted by Crippen LogP contribution is -2.34. The number of rotatable bonds is 9. The first kappa shape index (κ1) is 22.7. The number of furan rings is 1. The molecule has 0 radical (unpaired) electrons. The zero-order valence-electron chi connectivity index (χ0n) is 18.3. The highest BCUT2D eigenvalue weighted by atomic mass is 16.5. The van der Waals surface area contributed by atoms with Crippen molar-refractivity contribution in [2.45, 2.75) is 26.5 Å². The minimum absolute atomic E-state index is 0.0517. The average Bonchev–Trinajstić information content (AvgIpc) is 3.30. The van der Waals surface area contributed by atoms with Crippen LogP contribution in [0.4, 0.5) is 0 Å². The maximum absolute atomic E-state index is 12.9. The number of carbonyl (C=O) groups excluding carboxylic acids is 2. The van der Waals surface area contributed by atoms with E-state index in [1.807, 2.05) is 38.1 Å². The molecule has 2 amide bonds. The van der Waals surface area contributed by atoms with E-state index >= 15 is 0 Å². The molecule has 32 heavy (non-hydrogen) atoms. The summed E-state index contributed by atoms with van der Waals surface area (Å²) in [6.45, 7) is 4.17. The molecule has 7 heteroatoms. The second-order valence-electron chi connectivity index (χ2n) is 7.25. The van der Waals surface area contributed by atoms with Crippen LogP contribution in [0, 0.1) is 0 Å². The molecule has 166 valence electrons. The van der Waals surface area contributed by atoms with Crippen molar-refractivity contribution in [1.29, 1.82) is 0 Å². The fourth-order valence-electron chi connectivity index (χ4n) is 2.89. The van der Waals surface area contributed by atoms with Gasteiger partial charge in [-0.15, -0.1) is 0 Å². The van der Waals surface area contributed by atoms with Gasteiger partial charge in [0, 0.05) is 18.2 Å². The van der Waals surface area contributed by atoms with Gasteiger partial charge >= 0.3 is 0 Å². The second kappa shape index (κ2) is 10.9. The van der Waals surface area contributed by atoms with Gasteiger partial charge in [-0.1, -0.05) is 12.1 Å². The summed E-state index contributed by atoms with van der Waals surface area (Å²) in [4.78, 5) is 25.6. The van der Waals surface area contributed by atoms with Crippen LogP contribution in [0.1, 0.15) is 35.5 Å². The number of ether oxygens (including phenoxy) is 2. The highest BCUT2D eigenvalue weighted by Crippen LogP contribution is 2.16. The number of hydrogen-bond acceptors (Lipinski definition) is 5. The number of nitrogens with one attached hydrogen (secondary N) is 2. The molecule has 0 unspecified atom stereocenters. The maximum atomic E-state index is 12.9. The first-order valence-corrected chi connectivity index (χ1v) is 10.2. The Labute approximate surface area is 187 Å². The van der Waals surface area contributed by atoms with Gasteiger partial charge in [0.15, 0.2) is 0 Å². The van der Waals surface area contributed by atoms with E-state index in [1.54, 1.807) is 43.5 Å². The summed E-state index contributed by atoms with van der Waals surface area (Å²) in [5, 5.41) is 5.50. The molecule has 3 aromatic rings. The quantitative estimate of drug-likeness (QED) is 0.494. The van der Waals surface area contributed by atoms with Gasteiger partial charge in [0.05, 0.1) is 19.5 Å². The smallest absolute Gasteiger partial charge is 0.268 e. The van der Waals surface area contributed by atoms with Gasteiger partial charge in [-0.2, -0.15) is 0 Å². The number of amides is 2. The summed E-state index contributed by atoms with van der Waals surface area (Å²) in [6.07, 6.45) is 3.03. The van der Waals surface area contributed by atoms with Gasteiger partial charge in [-0.3, -0.25) is 9.59 Å². The lowest BCUT2D eigenvalue weighted by molar-refractivity contribution is -0.117. The Morgan fingerprint density at radius 1 is 1.03 bits per heavy atom. The summed E-state index contributed by atoms with van der Waals surface area (Å²) in [5.74, 6) is 0.934. The minimum atomic E-state index is -0.446. The third-order valence-electron chi connectivity index (χ3n) is 4.40. The van der Waals surface area contributed by atoms with E-state index in [-0.39, 0.29) is 18.3 Å². The molecular formula is C25H26N2O5. The minimum Gasteiger partial charge on any atom is -0.497 e. The Bertz CT molecular complexity index is 1070. The van der Waals surface area contributed by atoms with Crippen LogP contribution in [0.15, 0.2) is 77.0 Å². The number of hydrogen-bond donors (Lipinski definition) is 2. The van der Waals surface area contributed by atoms with E-state index in [2.05, 4.69) is 10.6 Å². The molecule has 0 aliphatic carbocycles. The van der Waals surface area contributed by atoms with Gasteiger partial charge < -0.3 is 24.5 Å². The summed E-state index contributed by atoms with van der Waals surface area (Å²) in [7, 11) is 1.55. The lowest BCUT2D eigenvalue weighted by atomic mass is 10.2. The summed E-state index contributed by atoms with van der Waals surface area (Å²) < 4.78 is 16.1. The Morgan fingerprint density at radius 2 is 1.81 bits per heavy atom. The third-order valence-corrected chi connectivity index (χ3v) is 4.40. The van der Waals surface area contributed by atoms with Crippen molar-refractivity contribution < 1.29 is 23.5 Å². The predicted octanol–water partition coefficient (Wildman–Crippen LogP) is 4.16. The van der Waals surface area contributed by atoms with E-state index in [0.717, 1.165) is 11.3 Å². The first-order chi connectivity index (χ1) is 15.4. The fraction of sp³-hybridized carbons (Fsp3) is 0.200. The van der Waals surface area contributed by atoms with Crippen molar-refractivity contribution in [2.75, 3.05) is 7.11 Å². The monoisotopic (exact) mass is 434 g/mol. The molecule has 0 saturated heterocycles. The van der Waals surface area contributed by atoms with E-state index < -0.39 is 11.8 Å². The van der Waals surface area contributed by atoms with Crippen molar-refractivity contribution in [3.05, 3.63) is 89.5 Å². The topological polar surface area (TPSA) is 89.8 Å². The molecule has 0 spiro atoms. The average molecular weight is 434 g/mol. The molecule has 0 bridgehead atoms. The second-order valence-corrected chi connectivity index (χ2v) is 7.25. The Balaban J connectivity index is 1.72. The van der Waals surface area contributed by atoms with E-state index in [0.29, 0.717) is 17.1 Å². The van der Waals surface area contributed by atoms with Crippen LogP contribution >= 0.6 is 0 Å². The predicted molar refractivity (Wildman–Crippen MR) is 121 cm³/mol. The van der Waals surface area contributed by atoms with Crippen molar-refractivity contribution >= 4 is 17.9 Å². The van der Waals surface area contributed by atoms with Crippen molar-refractivity contribution in [3.8, 4) is 11.5 Å². The molecule has 2 N–H and O–H groups in total. The van der Waals surface area contributed by atoms with Crippen LogP contribution in [-0.2, 0) is 11.3 Å². The SMILES string of the molecule is COc1ccc(C(=O)N/C(=C\c2ccco2)C(=O)NCc2cccc(OC(C)C)c2)cc1. The van der Waals surface area contributed by atoms with Gasteiger partial charge in [-0.25, -0.2) is 0 Å². The van der Waals surface area contributed by atoms with Crippen molar-refractivity contribution in [2.24, 2.45) is 0 Å². The zero-order chi connectivity index (χ0) is 22.9. The Hall–Kier alpha value is -4.00. The van der Waals surface area contributed by atoms with Crippen LogP contribution in [0.5, 0.6) is 11.5 Å². The molecule has 3 rings (SSSR count). The van der Waals surface area contributed by atoms with Crippen LogP contribution in [0.3, 0.4) is 0 Å². The molecule has 0 fully saturated rings. The third kappa shape index (κ3) is 6.50. The molecule has 1 heterocycles. The molecule has 2 aromatic carbocycles. The number of methoxy groups -OCH3 is 1. The molecule has 1 aromatic heterocycles. The zero-order valence-corrected chi connectivity index (χ0v) is 18.3. The Kier molecular flexibility index (Phi) is 7.70. The molecule has 7 nitrogen and oxygen atoms in total. The van der Waals surface area contributed by atoms with Gasteiger partial charge in [0.25, 0.3) is 11.8 Å². The van der Waals surface area contributed by atoms with E-state index in [1.165, 1.54) is 12.3 Å². The van der Waals surface area contributed by atoms with Crippen molar-refractivity contribution in [1.82, 2.24) is 10.6 Å². The molecule has 0 atom stereocenters. The maximum Gasteiger partial charge on any atom is 0.268 e. The lowest BCUT2D eigenvalue weighted by Gasteiger charge is -2.13. The van der Waals surface area contributed by atoms with Gasteiger partial charge in [0.1, 0.15) is 23.0 Å². The fourth-order valence-corrected chi connectivity index (χ4v) is 2.89. The molecule has 0 aliphatic rings. The summed E-state index contributed by atoms with van der Waals surface area (Å²) in [5.41, 5.74) is 1.33. The molecule has 0 saturated carbocycles. The number of benzene rings is 2. The van der Waals surface area contributed by atoms with E-state index in [4.69, 9.17) is 13.9 Å². The highest BCUT2D eigenvalue weighted by molar-refractivity contribution is 6.05. The highest BCUT2D eigenvalue weighted by Gasteiger charge is 2.15. The van der Waals surface area contributed by atoms with Crippen LogP contribution < -0.4 is 20.1 Å². The summed E-state index contributed by atoms with van der Waals surface area (Å²) >= 11 is 0. The first-order valence-electron chi connectivity index (χ1n) is 10.2. The van der Waals surface area contributed by atoms with Gasteiger partial charge in [0.2, 0.25) is 0 Å². The molecule has 0 aliphatic heterocycles. The normalized spacial score (nSPS) is 11.2. The standard InChI is InChI=1S/C25H26N2O5/c1-17(2)32-22-7-4-6-18(14-22)16-26-25(29)23(15-21-8-5-13-31-21)27-24(28)19-9-11-20(30-3)12-10-19/h4-15,17H,16H2,1-3H3,(H,26,29)(H,27,28)/b23-15-. The van der Waals surface area contributed by atoms with E-state index in [9.17, 15) is 9.59 Å². The van der Waals surface area contributed by atoms with Crippen LogP contribution in [0.2, 0.25) is 0 Å². The largest absolute Gasteiger partial charge is 0.497 e. The Morgan fingerprint density at radius 3 is 2.47 bits per heavy atom. The van der Waals surface area contributed by atoms with Gasteiger partial charge in [-0.05, 0) is 67.9 Å². The molecular weight excluding hydrogens is 408 g/mol. The van der Waals surface area contributed by atoms with Crippen LogP contribution in [0.25, 0.3) is 6.08 Å².